The van der Waals surface area contributed by atoms with Crippen molar-refractivity contribution in [2.24, 2.45) is 0 Å². The fourth-order valence-corrected chi connectivity index (χ4v) is 3.33. The number of rotatable bonds is 3. The van der Waals surface area contributed by atoms with Crippen molar-refractivity contribution in [2.75, 3.05) is 18.0 Å². The van der Waals surface area contributed by atoms with E-state index in [9.17, 15) is 19.7 Å². The Balaban J connectivity index is 1.78. The predicted octanol–water partition coefficient (Wildman–Crippen LogP) is 3.23. The zero-order valence-electron chi connectivity index (χ0n) is 14.0. The maximum atomic E-state index is 12.8. The van der Waals surface area contributed by atoms with Gasteiger partial charge in [0.1, 0.15) is 6.04 Å². The molecule has 0 aliphatic carbocycles. The first-order valence-electron chi connectivity index (χ1n) is 8.01. The Kier molecular flexibility index (Phi) is 5.03. The van der Waals surface area contributed by atoms with Crippen LogP contribution in [0.15, 0.2) is 53.0 Å². The van der Waals surface area contributed by atoms with Crippen molar-refractivity contribution in [3.8, 4) is 0 Å². The molecule has 0 radical (unpaired) electrons. The van der Waals surface area contributed by atoms with Crippen molar-refractivity contribution in [1.82, 2.24) is 4.90 Å². The van der Waals surface area contributed by atoms with Gasteiger partial charge in [0.05, 0.1) is 4.92 Å². The lowest BCUT2D eigenvalue weighted by molar-refractivity contribution is -0.384. The van der Waals surface area contributed by atoms with Crippen LogP contribution in [-0.4, -0.2) is 40.8 Å². The zero-order chi connectivity index (χ0) is 18.8. The van der Waals surface area contributed by atoms with Crippen molar-refractivity contribution < 1.29 is 14.5 Å². The van der Waals surface area contributed by atoms with Gasteiger partial charge in [-0.25, -0.2) is 0 Å². The van der Waals surface area contributed by atoms with E-state index in [-0.39, 0.29) is 17.5 Å². The van der Waals surface area contributed by atoms with Crippen molar-refractivity contribution in [3.05, 3.63) is 68.7 Å². The molecule has 0 N–H and O–H groups in total. The van der Waals surface area contributed by atoms with Gasteiger partial charge in [-0.2, -0.15) is 0 Å². The number of halogens is 1. The number of nitro benzene ring substituents is 1. The van der Waals surface area contributed by atoms with Crippen LogP contribution in [0.2, 0.25) is 0 Å². The summed E-state index contributed by atoms with van der Waals surface area (Å²) in [6.45, 7) is 2.46. The van der Waals surface area contributed by atoms with Crippen LogP contribution in [0.4, 0.5) is 11.4 Å². The van der Waals surface area contributed by atoms with Crippen LogP contribution < -0.4 is 4.90 Å². The van der Waals surface area contributed by atoms with Gasteiger partial charge in [0.2, 0.25) is 5.91 Å². The summed E-state index contributed by atoms with van der Waals surface area (Å²) in [5.74, 6) is -0.473. The molecule has 26 heavy (non-hydrogen) atoms. The van der Waals surface area contributed by atoms with E-state index in [4.69, 9.17) is 0 Å². The number of carbonyl (C=O) groups excluding carboxylic acids is 2. The van der Waals surface area contributed by atoms with E-state index in [1.807, 2.05) is 24.3 Å². The Labute approximate surface area is 158 Å². The van der Waals surface area contributed by atoms with E-state index in [2.05, 4.69) is 15.9 Å². The van der Waals surface area contributed by atoms with E-state index in [1.54, 1.807) is 11.8 Å². The maximum Gasteiger partial charge on any atom is 0.269 e. The van der Waals surface area contributed by atoms with Crippen LogP contribution in [0.3, 0.4) is 0 Å². The molecule has 0 saturated carbocycles. The van der Waals surface area contributed by atoms with E-state index in [1.165, 1.54) is 29.2 Å². The first-order chi connectivity index (χ1) is 12.4. The molecule has 1 aliphatic rings. The van der Waals surface area contributed by atoms with E-state index in [0.29, 0.717) is 18.7 Å². The molecule has 3 rings (SSSR count). The number of nitro groups is 1. The monoisotopic (exact) mass is 417 g/mol. The molecule has 0 bridgehead atoms. The molecule has 2 amide bonds. The normalized spacial score (nSPS) is 17.3. The van der Waals surface area contributed by atoms with Gasteiger partial charge >= 0.3 is 0 Å². The molecule has 134 valence electrons. The molecule has 8 heteroatoms. The number of benzene rings is 2. The molecule has 1 atom stereocenters. The number of piperazine rings is 1. The van der Waals surface area contributed by atoms with Gasteiger partial charge in [0.25, 0.3) is 11.6 Å². The summed E-state index contributed by atoms with van der Waals surface area (Å²) in [7, 11) is 0. The molecule has 1 saturated heterocycles. The number of amides is 2. The van der Waals surface area contributed by atoms with Gasteiger partial charge in [-0.1, -0.05) is 22.0 Å². The fraction of sp³-hybridized carbons (Fsp3) is 0.222. The van der Waals surface area contributed by atoms with E-state index >= 15 is 0 Å². The summed E-state index contributed by atoms with van der Waals surface area (Å²) >= 11 is 3.40. The van der Waals surface area contributed by atoms with Gasteiger partial charge < -0.3 is 9.80 Å². The van der Waals surface area contributed by atoms with Crippen LogP contribution in [-0.2, 0) is 4.79 Å². The third-order valence-corrected chi connectivity index (χ3v) is 4.85. The van der Waals surface area contributed by atoms with E-state index in [0.717, 1.165) is 10.2 Å². The van der Waals surface area contributed by atoms with Gasteiger partial charge in [-0.3, -0.25) is 19.7 Å². The molecule has 0 unspecified atom stereocenters. The van der Waals surface area contributed by atoms with Crippen molar-refractivity contribution in [3.63, 3.8) is 0 Å². The number of carbonyl (C=O) groups is 2. The van der Waals surface area contributed by atoms with Gasteiger partial charge in [0, 0.05) is 40.9 Å². The minimum Gasteiger partial charge on any atom is -0.325 e. The highest BCUT2D eigenvalue weighted by Gasteiger charge is 2.35. The summed E-state index contributed by atoms with van der Waals surface area (Å²) in [5.41, 5.74) is 1.02. The van der Waals surface area contributed by atoms with Gasteiger partial charge in [-0.15, -0.1) is 0 Å². The fourth-order valence-electron chi connectivity index (χ4n) is 2.94. The highest BCUT2D eigenvalue weighted by molar-refractivity contribution is 9.10. The first kappa shape index (κ1) is 18.1. The van der Waals surface area contributed by atoms with Gasteiger partial charge in [0.15, 0.2) is 0 Å². The second kappa shape index (κ2) is 7.25. The molecule has 2 aromatic rings. The highest BCUT2D eigenvalue weighted by atomic mass is 79.9. The molecule has 0 spiro atoms. The number of nitrogens with zero attached hydrogens (tertiary/aromatic N) is 3. The standard InChI is InChI=1S/C18H16BrN3O4/c1-12-17(23)21(16-4-2-3-14(19)11-16)10-9-20(12)18(24)13-5-7-15(8-6-13)22(25)26/h2-8,11-12H,9-10H2,1H3/t12-/m1/s1. The molecular formula is C18H16BrN3O4. The van der Waals surface area contributed by atoms with Crippen molar-refractivity contribution >= 4 is 39.1 Å². The molecule has 0 aromatic heterocycles. The average molecular weight is 418 g/mol. The lowest BCUT2D eigenvalue weighted by Crippen LogP contribution is -2.57. The molecule has 2 aromatic carbocycles. The van der Waals surface area contributed by atoms with Crippen LogP contribution in [0.1, 0.15) is 17.3 Å². The molecule has 1 fully saturated rings. The zero-order valence-corrected chi connectivity index (χ0v) is 15.5. The minimum absolute atomic E-state index is 0.0786. The lowest BCUT2D eigenvalue weighted by Gasteiger charge is -2.39. The number of hydrogen-bond donors (Lipinski definition) is 0. The number of non-ortho nitro benzene ring substituents is 1. The van der Waals surface area contributed by atoms with Crippen molar-refractivity contribution in [2.45, 2.75) is 13.0 Å². The predicted molar refractivity (Wildman–Crippen MR) is 100 cm³/mol. The topological polar surface area (TPSA) is 83.8 Å². The number of anilines is 1. The quantitative estimate of drug-likeness (QED) is 0.566. The third kappa shape index (κ3) is 3.45. The van der Waals surface area contributed by atoms with Crippen LogP contribution in [0.5, 0.6) is 0 Å². The SMILES string of the molecule is C[C@@H]1C(=O)N(c2cccc(Br)c2)CCN1C(=O)c1ccc([N+](=O)[O-])cc1. The van der Waals surface area contributed by atoms with E-state index < -0.39 is 11.0 Å². The number of hydrogen-bond acceptors (Lipinski definition) is 4. The minimum atomic E-state index is -0.620. The molecule has 1 heterocycles. The van der Waals surface area contributed by atoms with Gasteiger partial charge in [-0.05, 0) is 37.3 Å². The Morgan fingerprint density at radius 1 is 1.19 bits per heavy atom. The summed E-state index contributed by atoms with van der Waals surface area (Å²) in [4.78, 5) is 38.8. The Bertz CT molecular complexity index is 869. The Hall–Kier alpha value is -2.74. The summed E-state index contributed by atoms with van der Waals surface area (Å²) in [5, 5.41) is 10.7. The third-order valence-electron chi connectivity index (χ3n) is 4.36. The smallest absolute Gasteiger partial charge is 0.269 e. The average Bonchev–Trinajstić information content (AvgIpc) is 2.63. The maximum absolute atomic E-state index is 12.8. The second-order valence-electron chi connectivity index (χ2n) is 5.95. The molecular weight excluding hydrogens is 402 g/mol. The van der Waals surface area contributed by atoms with Crippen LogP contribution in [0, 0.1) is 10.1 Å². The van der Waals surface area contributed by atoms with Crippen LogP contribution in [0.25, 0.3) is 0 Å². The summed E-state index contributed by atoms with van der Waals surface area (Å²) in [6, 6.07) is 12.2. The lowest BCUT2D eigenvalue weighted by atomic mass is 10.1. The molecule has 1 aliphatic heterocycles. The Morgan fingerprint density at radius 3 is 2.50 bits per heavy atom. The summed E-state index contributed by atoms with van der Waals surface area (Å²) < 4.78 is 0.875. The van der Waals surface area contributed by atoms with Crippen LogP contribution >= 0.6 is 15.9 Å². The highest BCUT2D eigenvalue weighted by Crippen LogP contribution is 2.25. The first-order valence-corrected chi connectivity index (χ1v) is 8.80. The van der Waals surface area contributed by atoms with Crippen molar-refractivity contribution in [1.29, 1.82) is 0 Å². The second-order valence-corrected chi connectivity index (χ2v) is 6.86. The molecule has 7 nitrogen and oxygen atoms in total. The largest absolute Gasteiger partial charge is 0.325 e. The Morgan fingerprint density at radius 2 is 1.88 bits per heavy atom. The summed E-state index contributed by atoms with van der Waals surface area (Å²) in [6.07, 6.45) is 0.